The molecule has 4 unspecified atom stereocenters. The minimum absolute atomic E-state index is 0. The van der Waals surface area contributed by atoms with Gasteiger partial charge in [0.1, 0.15) is 34.0 Å². The molecular weight excluding hydrogens is 1110 g/mol. The van der Waals surface area contributed by atoms with E-state index in [0.717, 1.165) is 32.2 Å². The van der Waals surface area contributed by atoms with Gasteiger partial charge in [-0.2, -0.15) is 4.37 Å². The largest absolute Gasteiger partial charge is 0.362 e. The summed E-state index contributed by atoms with van der Waals surface area (Å²) < 4.78 is 4.16. The van der Waals surface area contributed by atoms with Crippen molar-refractivity contribution in [1.82, 2.24) is 39.8 Å². The van der Waals surface area contributed by atoms with Gasteiger partial charge in [-0.25, -0.2) is 9.97 Å². The number of ketones is 6. The highest BCUT2D eigenvalue weighted by atomic mass is 32.2. The number of aryl methyl sites for hydroxylation is 1. The highest BCUT2D eigenvalue weighted by molar-refractivity contribution is 8.14. The van der Waals surface area contributed by atoms with Gasteiger partial charge in [0, 0.05) is 79.3 Å². The van der Waals surface area contributed by atoms with Crippen molar-refractivity contribution >= 4 is 109 Å². The van der Waals surface area contributed by atoms with Gasteiger partial charge in [0.15, 0.2) is 40.5 Å². The second kappa shape index (κ2) is 34.0. The maximum Gasteiger partial charge on any atom is 0.317 e. The molecule has 0 bridgehead atoms. The number of imidazole rings is 1. The van der Waals surface area contributed by atoms with Crippen LogP contribution in [-0.2, 0) is 33.6 Å². The third-order valence-electron chi connectivity index (χ3n) is 12.3. The summed E-state index contributed by atoms with van der Waals surface area (Å²) in [5, 5.41) is 8.44. The third kappa shape index (κ3) is 23.8. The van der Waals surface area contributed by atoms with E-state index in [9.17, 15) is 43.2 Å². The summed E-state index contributed by atoms with van der Waals surface area (Å²) in [4.78, 5) is 133. The van der Waals surface area contributed by atoms with Crippen LogP contribution in [0.5, 0.6) is 0 Å². The van der Waals surface area contributed by atoms with E-state index in [2.05, 4.69) is 51.5 Å². The lowest BCUT2D eigenvalue weighted by atomic mass is 9.84. The summed E-state index contributed by atoms with van der Waals surface area (Å²) in [6.45, 7) is 43.3. The number of allylic oxidation sites excluding steroid dienone is 3. The Kier molecular flexibility index (Phi) is 31.5. The summed E-state index contributed by atoms with van der Waals surface area (Å²) in [7, 11) is 3.26. The Labute approximate surface area is 506 Å². The molecule has 23 heteroatoms. The molecule has 5 rings (SSSR count). The van der Waals surface area contributed by atoms with Gasteiger partial charge in [-0.15, -0.1) is 23.5 Å². The quantitative estimate of drug-likeness (QED) is 0.0610. The topological polar surface area (TPSA) is 276 Å². The number of hydrogen-bond donors (Lipinski definition) is 3. The molecule has 0 saturated carbocycles. The molecule has 2 aromatic heterocycles. The Morgan fingerprint density at radius 1 is 0.735 bits per heavy atom. The van der Waals surface area contributed by atoms with Crippen LogP contribution in [0, 0.1) is 35.0 Å². The highest BCUT2D eigenvalue weighted by Gasteiger charge is 2.35. The molecule has 5 heterocycles. The van der Waals surface area contributed by atoms with Crippen LogP contribution in [0.2, 0.25) is 0 Å². The average molecular weight is 1210 g/mol. The fourth-order valence-electron chi connectivity index (χ4n) is 7.62. The van der Waals surface area contributed by atoms with Crippen molar-refractivity contribution in [3.05, 3.63) is 58.7 Å². The first kappa shape index (κ1) is 76.9. The van der Waals surface area contributed by atoms with Crippen LogP contribution in [0.1, 0.15) is 178 Å². The van der Waals surface area contributed by atoms with E-state index in [1.165, 1.54) is 34.6 Å². The molecule has 2 aromatic rings. The Morgan fingerprint density at radius 2 is 1.22 bits per heavy atom. The van der Waals surface area contributed by atoms with Crippen molar-refractivity contribution in [2.24, 2.45) is 43.1 Å². The average Bonchev–Trinajstić information content (AvgIpc) is 4.25. The molecule has 3 amide bonds. The molecule has 0 radical (unpaired) electrons. The van der Waals surface area contributed by atoms with Crippen LogP contribution in [0.4, 0.5) is 0 Å². The number of thioether (sulfide) groups is 2. The van der Waals surface area contributed by atoms with E-state index in [1.54, 1.807) is 71.4 Å². The maximum atomic E-state index is 12.1. The van der Waals surface area contributed by atoms with E-state index in [-0.39, 0.29) is 93.7 Å². The van der Waals surface area contributed by atoms with Gasteiger partial charge in [-0.05, 0) is 60.0 Å². The Hall–Kier alpha value is -6.07. The molecule has 462 valence electrons. The molecule has 20 nitrogen and oxygen atoms in total. The number of likely N-dealkylation sites (N-methyl/N-ethyl adjacent to an activating group) is 1. The molecule has 0 spiro atoms. The lowest BCUT2D eigenvalue weighted by Gasteiger charge is -2.33. The summed E-state index contributed by atoms with van der Waals surface area (Å²) >= 11 is 4.75. The molecular formula is C60H95N11O9S3. The number of aromatic nitrogens is 4. The molecule has 3 N–H and O–H groups in total. The lowest BCUT2D eigenvalue weighted by Crippen LogP contribution is -2.55. The van der Waals surface area contributed by atoms with Crippen LogP contribution in [0.25, 0.3) is 5.57 Å². The van der Waals surface area contributed by atoms with Gasteiger partial charge in [0.2, 0.25) is 0 Å². The monoisotopic (exact) mass is 1210 g/mol. The van der Waals surface area contributed by atoms with Crippen molar-refractivity contribution in [3.63, 3.8) is 0 Å². The van der Waals surface area contributed by atoms with Crippen molar-refractivity contribution in [2.75, 3.05) is 38.7 Å². The fraction of sp³-hybridized carbons (Fsp3) is 0.617. The van der Waals surface area contributed by atoms with Crippen LogP contribution in [0.3, 0.4) is 0 Å². The number of hydrogen-bond acceptors (Lipinski definition) is 19. The molecule has 0 aromatic carbocycles. The van der Waals surface area contributed by atoms with Crippen molar-refractivity contribution in [3.8, 4) is 0 Å². The number of H-pyrrole nitrogens is 1. The maximum absolute atomic E-state index is 12.1. The zero-order valence-corrected chi connectivity index (χ0v) is 55.2. The SMILES string of the molecule is C.C/C=C(\C(=O)C(C)(C)C)C1CSC(C)=N1.C/C=C(\C(=O)C(C)(C)C)c1nsc(C)n1.C=C(NC(C)C(=O)C(C)C)N1CCN(C)C(=O)C1=O.CC(=O)c1nc[nH]c1C(=O)NC(C)C(=O)C(C)C.CN=C(C(=O)C(C)(C)C)C1CSC(C)=N1. The number of amides is 3. The van der Waals surface area contributed by atoms with E-state index >= 15 is 0 Å². The van der Waals surface area contributed by atoms with Crippen LogP contribution in [-0.4, -0.2) is 160 Å². The predicted molar refractivity (Wildman–Crippen MR) is 341 cm³/mol. The highest BCUT2D eigenvalue weighted by Crippen LogP contribution is 2.30. The number of carbonyl (C=O) groups is 9. The Balaban J connectivity index is 0.00000101. The van der Waals surface area contributed by atoms with Crippen LogP contribution >= 0.6 is 35.1 Å². The summed E-state index contributed by atoms with van der Waals surface area (Å²) in [5.74, 6) is 0.763. The Bertz CT molecular complexity index is 2750. The fourth-order valence-corrected chi connectivity index (χ4v) is 9.79. The third-order valence-corrected chi connectivity index (χ3v) is 15.0. The Morgan fingerprint density at radius 3 is 1.60 bits per heavy atom. The molecule has 1 fully saturated rings. The van der Waals surface area contributed by atoms with Gasteiger partial charge in [0.25, 0.3) is 5.91 Å². The molecule has 4 atom stereocenters. The number of aromatic amines is 1. The van der Waals surface area contributed by atoms with Gasteiger partial charge < -0.3 is 20.5 Å². The molecule has 0 aliphatic carbocycles. The van der Waals surface area contributed by atoms with Crippen LogP contribution < -0.4 is 10.6 Å². The van der Waals surface area contributed by atoms with E-state index < -0.39 is 29.8 Å². The molecule has 3 aliphatic rings. The second-order valence-corrected chi connectivity index (χ2v) is 26.7. The minimum Gasteiger partial charge on any atom is -0.362 e. The van der Waals surface area contributed by atoms with Gasteiger partial charge in [0.05, 0.1) is 40.1 Å². The number of Topliss-reactive ketones (excluding diaryl/α,β-unsaturated/α-hetero) is 6. The molecule has 83 heavy (non-hydrogen) atoms. The number of carbonyl (C=O) groups excluding carboxylic acids is 9. The first-order valence-electron chi connectivity index (χ1n) is 27.2. The molecule has 1 saturated heterocycles. The number of rotatable bonds is 16. The standard InChI is InChI=1S/C13H21N3O3.C12H17N3O3.C12H19NOS.C11H18N2OS.C11H16N2OS.CH4/c1-8(2)11(17)9(3)14-10(4)16-7-6-15(5)12(18)13(16)19;1-6(2)11(17)7(3)15-12(18)10-9(8(4)16)13-5-14-10;1-6-9(11(14)12(3,4)5)10-7-15-8(2)13-10;1-7-13-8(6-15-7)9(12-5)10(14)11(2,3)4;1-6-8(9(14)11(3,4)5)10-12-7(2)15-13-10;/h8-9,14H,4,6-7H2,1-3,5H3;5-7H,1-4H3,(H,13,14)(H,15,18);6,10H,7H2,1-5H3;8H,6H2,1-5H3;6H,1-5H3;1H4/b;;9-6-;;8-6+;. The van der Waals surface area contributed by atoms with Gasteiger partial charge >= 0.3 is 11.8 Å². The molecule has 3 aliphatic heterocycles. The predicted octanol–water partition coefficient (Wildman–Crippen LogP) is 9.71. The van der Waals surface area contributed by atoms with E-state index in [4.69, 9.17) is 0 Å². The van der Waals surface area contributed by atoms with Crippen molar-refractivity contribution in [1.29, 1.82) is 0 Å². The first-order chi connectivity index (χ1) is 37.7. The zero-order chi connectivity index (χ0) is 63.5. The summed E-state index contributed by atoms with van der Waals surface area (Å²) in [6, 6.07) is -0.992. The first-order valence-corrected chi connectivity index (χ1v) is 30.0. The van der Waals surface area contributed by atoms with Crippen molar-refractivity contribution < 1.29 is 43.2 Å². The normalized spacial score (nSPS) is 17.3. The van der Waals surface area contributed by atoms with Crippen molar-refractivity contribution in [2.45, 2.75) is 177 Å². The summed E-state index contributed by atoms with van der Waals surface area (Å²) in [5.41, 5.74) is 1.21. The zero-order valence-electron chi connectivity index (χ0n) is 52.7. The number of piperazine rings is 1. The van der Waals surface area contributed by atoms with E-state index in [1.807, 2.05) is 117 Å². The smallest absolute Gasteiger partial charge is 0.317 e. The number of aliphatic imine (C=N–C) groups is 3. The van der Waals surface area contributed by atoms with Gasteiger partial charge in [-0.1, -0.05) is 116 Å². The minimum atomic E-state index is -0.615. The second-order valence-electron chi connectivity index (χ2n) is 23.4. The van der Waals surface area contributed by atoms with Gasteiger partial charge in [-0.3, -0.25) is 63.0 Å². The number of nitrogens with one attached hydrogen (secondary N) is 3. The summed E-state index contributed by atoms with van der Waals surface area (Å²) in [6.07, 6.45) is 4.98. The number of nitrogens with zero attached hydrogens (tertiary/aromatic N) is 8. The van der Waals surface area contributed by atoms with E-state index in [0.29, 0.717) is 36.0 Å². The lowest BCUT2D eigenvalue weighted by molar-refractivity contribution is -0.153. The van der Waals surface area contributed by atoms with Crippen LogP contribution in [0.15, 0.2) is 51.4 Å².